The second kappa shape index (κ2) is 6.94. The van der Waals surface area contributed by atoms with Crippen LogP contribution < -0.4 is 5.32 Å². The molecule has 1 unspecified atom stereocenters. The summed E-state index contributed by atoms with van der Waals surface area (Å²) in [6.07, 6.45) is 7.15. The summed E-state index contributed by atoms with van der Waals surface area (Å²) in [5.41, 5.74) is 2.83. The van der Waals surface area contributed by atoms with Crippen LogP contribution in [0.25, 0.3) is 11.1 Å². The van der Waals surface area contributed by atoms with Gasteiger partial charge in [-0.15, -0.1) is 0 Å². The second-order valence-electron chi connectivity index (χ2n) is 6.69. The normalized spacial score (nSPS) is 22.0. The van der Waals surface area contributed by atoms with E-state index in [0.29, 0.717) is 18.8 Å². The van der Waals surface area contributed by atoms with Crippen molar-refractivity contribution in [2.75, 3.05) is 13.2 Å². The van der Waals surface area contributed by atoms with Gasteiger partial charge >= 0.3 is 0 Å². The number of ether oxygens (including phenoxy) is 2. The lowest BCUT2D eigenvalue weighted by Crippen LogP contribution is -2.46. The number of benzene rings is 1. The highest BCUT2D eigenvalue weighted by Crippen LogP contribution is 2.35. The highest BCUT2D eigenvalue weighted by Gasteiger charge is 2.41. The van der Waals surface area contributed by atoms with Gasteiger partial charge in [0.1, 0.15) is 0 Å². The molecule has 130 valence electrons. The molecule has 0 bridgehead atoms. The molecule has 1 saturated carbocycles. The van der Waals surface area contributed by atoms with E-state index in [4.69, 9.17) is 9.47 Å². The van der Waals surface area contributed by atoms with E-state index in [1.54, 1.807) is 12.4 Å². The quantitative estimate of drug-likeness (QED) is 0.934. The summed E-state index contributed by atoms with van der Waals surface area (Å²) < 4.78 is 11.6. The van der Waals surface area contributed by atoms with E-state index in [1.807, 2.05) is 36.4 Å². The van der Waals surface area contributed by atoms with Gasteiger partial charge in [-0.3, -0.25) is 9.78 Å². The smallest absolute Gasteiger partial charge is 0.251 e. The van der Waals surface area contributed by atoms with Crippen LogP contribution in [0.15, 0.2) is 48.8 Å². The van der Waals surface area contributed by atoms with Gasteiger partial charge in [0.05, 0.1) is 13.2 Å². The van der Waals surface area contributed by atoms with E-state index < -0.39 is 5.79 Å². The van der Waals surface area contributed by atoms with E-state index in [-0.39, 0.29) is 11.9 Å². The maximum absolute atomic E-state index is 12.6. The molecule has 2 fully saturated rings. The maximum Gasteiger partial charge on any atom is 0.251 e. The van der Waals surface area contributed by atoms with Gasteiger partial charge in [0.2, 0.25) is 0 Å². The molecule has 5 nitrogen and oxygen atoms in total. The Morgan fingerprint density at radius 3 is 2.44 bits per heavy atom. The molecular formula is C20H22N2O3. The van der Waals surface area contributed by atoms with E-state index in [0.717, 1.165) is 36.8 Å². The second-order valence-corrected chi connectivity index (χ2v) is 6.69. The van der Waals surface area contributed by atoms with Crippen LogP contribution in [0.2, 0.25) is 0 Å². The zero-order chi connectivity index (χ0) is 17.1. The third-order valence-electron chi connectivity index (χ3n) is 4.98. The van der Waals surface area contributed by atoms with Gasteiger partial charge in [-0.1, -0.05) is 12.1 Å². The van der Waals surface area contributed by atoms with Crippen LogP contribution in [0, 0.1) is 0 Å². The summed E-state index contributed by atoms with van der Waals surface area (Å²) in [6, 6.07) is 11.7. The molecule has 5 heteroatoms. The van der Waals surface area contributed by atoms with Gasteiger partial charge in [0.15, 0.2) is 5.79 Å². The number of carbonyl (C=O) groups excluding carboxylic acids is 1. The Hall–Kier alpha value is -2.24. The minimum absolute atomic E-state index is 0.0404. The van der Waals surface area contributed by atoms with E-state index in [1.165, 1.54) is 0 Å². The summed E-state index contributed by atoms with van der Waals surface area (Å²) >= 11 is 0. The Labute approximate surface area is 147 Å². The molecule has 2 heterocycles. The summed E-state index contributed by atoms with van der Waals surface area (Å²) in [7, 11) is 0. The first-order chi connectivity index (χ1) is 12.2. The van der Waals surface area contributed by atoms with Gasteiger partial charge in [-0.2, -0.15) is 0 Å². The Bertz CT molecular complexity index is 724. The molecule has 1 spiro atoms. The number of carbonyl (C=O) groups is 1. The molecule has 1 aromatic heterocycles. The number of aromatic nitrogens is 1. The fourth-order valence-electron chi connectivity index (χ4n) is 3.71. The maximum atomic E-state index is 12.6. The van der Waals surface area contributed by atoms with Crippen molar-refractivity contribution in [3.8, 4) is 11.1 Å². The summed E-state index contributed by atoms with van der Waals surface area (Å²) in [5, 5.41) is 3.14. The summed E-state index contributed by atoms with van der Waals surface area (Å²) in [5.74, 6) is -0.511. The van der Waals surface area contributed by atoms with Crippen LogP contribution in [-0.2, 0) is 9.47 Å². The number of hydrogen-bond donors (Lipinski definition) is 1. The van der Waals surface area contributed by atoms with Gasteiger partial charge in [0.25, 0.3) is 5.91 Å². The van der Waals surface area contributed by atoms with Crippen molar-refractivity contribution >= 4 is 5.91 Å². The fourth-order valence-corrected chi connectivity index (χ4v) is 3.71. The van der Waals surface area contributed by atoms with Crippen LogP contribution in [0.4, 0.5) is 0 Å². The summed E-state index contributed by atoms with van der Waals surface area (Å²) in [4.78, 5) is 16.6. The first-order valence-electron chi connectivity index (χ1n) is 8.83. The molecule has 1 aromatic carbocycles. The zero-order valence-electron chi connectivity index (χ0n) is 14.1. The monoisotopic (exact) mass is 338 g/mol. The van der Waals surface area contributed by atoms with Crippen molar-refractivity contribution in [1.82, 2.24) is 10.3 Å². The van der Waals surface area contributed by atoms with Crippen LogP contribution >= 0.6 is 0 Å². The molecule has 1 amide bonds. The van der Waals surface area contributed by atoms with Crippen molar-refractivity contribution in [1.29, 1.82) is 0 Å². The Balaban J connectivity index is 1.41. The molecule has 1 saturated heterocycles. The third-order valence-corrected chi connectivity index (χ3v) is 4.98. The minimum Gasteiger partial charge on any atom is -0.349 e. The lowest BCUT2D eigenvalue weighted by molar-refractivity contribution is -0.181. The standard InChI is InChI=1S/C20H22N2O3/c23-19(22-18-2-1-9-20(14-18)24-12-13-25-20)17-5-3-15(4-6-17)16-7-10-21-11-8-16/h3-8,10-11,18H,1-2,9,12-14H2,(H,22,23). The Morgan fingerprint density at radius 2 is 1.72 bits per heavy atom. The molecule has 0 radical (unpaired) electrons. The molecule has 1 atom stereocenters. The number of amides is 1. The molecule has 25 heavy (non-hydrogen) atoms. The summed E-state index contributed by atoms with van der Waals surface area (Å²) in [6.45, 7) is 1.30. The first kappa shape index (κ1) is 16.2. The van der Waals surface area contributed by atoms with Crippen LogP contribution in [0.5, 0.6) is 0 Å². The van der Waals surface area contributed by atoms with Crippen LogP contribution in [-0.4, -0.2) is 35.9 Å². The largest absolute Gasteiger partial charge is 0.349 e. The number of nitrogens with zero attached hydrogens (tertiary/aromatic N) is 1. The predicted octanol–water partition coefficient (Wildman–Crippen LogP) is 3.16. The van der Waals surface area contributed by atoms with Crippen molar-refractivity contribution in [3.63, 3.8) is 0 Å². The van der Waals surface area contributed by atoms with Crippen molar-refractivity contribution in [2.24, 2.45) is 0 Å². The van der Waals surface area contributed by atoms with Crippen molar-refractivity contribution in [3.05, 3.63) is 54.4 Å². The highest BCUT2D eigenvalue weighted by atomic mass is 16.7. The topological polar surface area (TPSA) is 60.5 Å². The van der Waals surface area contributed by atoms with Gasteiger partial charge in [-0.05, 0) is 48.2 Å². The lowest BCUT2D eigenvalue weighted by Gasteiger charge is -2.36. The van der Waals surface area contributed by atoms with E-state index in [9.17, 15) is 4.79 Å². The number of nitrogens with one attached hydrogen (secondary N) is 1. The third kappa shape index (κ3) is 3.57. The fraction of sp³-hybridized carbons (Fsp3) is 0.400. The molecule has 1 N–H and O–H groups in total. The molecule has 1 aliphatic heterocycles. The average molecular weight is 338 g/mol. The van der Waals surface area contributed by atoms with Gasteiger partial charge < -0.3 is 14.8 Å². The predicted molar refractivity (Wildman–Crippen MR) is 94.0 cm³/mol. The van der Waals surface area contributed by atoms with Gasteiger partial charge in [0, 0.05) is 36.8 Å². The van der Waals surface area contributed by atoms with E-state index in [2.05, 4.69) is 10.3 Å². The van der Waals surface area contributed by atoms with Crippen molar-refractivity contribution in [2.45, 2.75) is 37.5 Å². The van der Waals surface area contributed by atoms with Gasteiger partial charge in [-0.25, -0.2) is 0 Å². The van der Waals surface area contributed by atoms with Crippen LogP contribution in [0.1, 0.15) is 36.0 Å². The van der Waals surface area contributed by atoms with Crippen molar-refractivity contribution < 1.29 is 14.3 Å². The zero-order valence-corrected chi connectivity index (χ0v) is 14.1. The molecule has 2 aliphatic rings. The lowest BCUT2D eigenvalue weighted by atomic mass is 9.89. The first-order valence-corrected chi connectivity index (χ1v) is 8.83. The number of hydrogen-bond acceptors (Lipinski definition) is 4. The highest BCUT2D eigenvalue weighted by molar-refractivity contribution is 5.94. The Morgan fingerprint density at radius 1 is 1.04 bits per heavy atom. The molecule has 2 aromatic rings. The number of rotatable bonds is 3. The average Bonchev–Trinajstić information content (AvgIpc) is 3.10. The molecule has 4 rings (SSSR count). The molecule has 1 aliphatic carbocycles. The SMILES string of the molecule is O=C(NC1CCCC2(C1)OCCO2)c1ccc(-c2ccncc2)cc1. The Kier molecular flexibility index (Phi) is 4.51. The number of pyridine rings is 1. The minimum atomic E-state index is -0.471. The van der Waals surface area contributed by atoms with E-state index >= 15 is 0 Å². The van der Waals surface area contributed by atoms with Crippen LogP contribution in [0.3, 0.4) is 0 Å². The molecular weight excluding hydrogens is 316 g/mol.